The number of thiol groups is 1. The number of rotatable bonds is 5. The fourth-order valence-corrected chi connectivity index (χ4v) is 3.99. The van der Waals surface area contributed by atoms with Crippen LogP contribution in [-0.2, 0) is 6.42 Å². The Bertz CT molecular complexity index is 1240. The third-order valence-corrected chi connectivity index (χ3v) is 5.59. The minimum absolute atomic E-state index is 0.0309. The number of benzene rings is 2. The highest BCUT2D eigenvalue weighted by atomic mass is 32.1. The summed E-state index contributed by atoms with van der Waals surface area (Å²) in [6, 6.07) is 7.13. The van der Waals surface area contributed by atoms with Crippen LogP contribution in [0.25, 0.3) is 28.0 Å². The summed E-state index contributed by atoms with van der Waals surface area (Å²) in [7, 11) is 1.64. The molecule has 0 aliphatic heterocycles. The summed E-state index contributed by atoms with van der Waals surface area (Å²) in [6.45, 7) is 6.12. The van der Waals surface area contributed by atoms with Crippen molar-refractivity contribution >= 4 is 23.7 Å². The van der Waals surface area contributed by atoms with Gasteiger partial charge in [0.2, 0.25) is 0 Å². The van der Waals surface area contributed by atoms with Crippen molar-refractivity contribution < 1.29 is 14.9 Å². The van der Waals surface area contributed by atoms with E-state index in [1.165, 1.54) is 6.07 Å². The van der Waals surface area contributed by atoms with Crippen LogP contribution in [0.3, 0.4) is 0 Å². The number of hydrogen-bond donors (Lipinski definition) is 3. The quantitative estimate of drug-likeness (QED) is 0.403. The number of imidazole rings is 2. The van der Waals surface area contributed by atoms with Crippen LogP contribution in [0.5, 0.6) is 17.2 Å². The van der Waals surface area contributed by atoms with Crippen molar-refractivity contribution in [3.05, 3.63) is 42.4 Å². The Hall–Kier alpha value is -3.13. The van der Waals surface area contributed by atoms with E-state index in [0.29, 0.717) is 22.8 Å². The summed E-state index contributed by atoms with van der Waals surface area (Å²) < 4.78 is 9.48. The third kappa shape index (κ3) is 3.08. The van der Waals surface area contributed by atoms with Crippen LogP contribution >= 0.6 is 12.6 Å². The second-order valence-corrected chi connectivity index (χ2v) is 7.76. The van der Waals surface area contributed by atoms with E-state index in [-0.39, 0.29) is 17.5 Å². The first-order chi connectivity index (χ1) is 14.4. The number of nitrogens with zero attached hydrogens (tertiary/aromatic N) is 4. The molecular formula is C22H24N4O3S. The highest BCUT2D eigenvalue weighted by Crippen LogP contribution is 2.39. The van der Waals surface area contributed by atoms with Crippen LogP contribution in [0.4, 0.5) is 0 Å². The predicted octanol–water partition coefficient (Wildman–Crippen LogP) is 4.74. The molecule has 4 aromatic rings. The molecular weight excluding hydrogens is 400 g/mol. The molecule has 156 valence electrons. The second-order valence-electron chi connectivity index (χ2n) is 7.36. The predicted molar refractivity (Wildman–Crippen MR) is 119 cm³/mol. The van der Waals surface area contributed by atoms with Crippen molar-refractivity contribution in [2.24, 2.45) is 0 Å². The molecule has 0 aliphatic rings. The van der Waals surface area contributed by atoms with Gasteiger partial charge in [0.15, 0.2) is 5.16 Å². The van der Waals surface area contributed by atoms with Gasteiger partial charge in [-0.3, -0.25) is 4.57 Å². The standard InChI is InChI=1S/C22H24N4O3S/c1-5-13-8-14(18(28)9-17(13)27)16-10-23-22(30)26(16)15-6-7-19(29-4)21-20(15)24-11-25(21)12(2)3/h6-12,27-28H,5H2,1-4H3,(H,23,30). The second kappa shape index (κ2) is 7.60. The van der Waals surface area contributed by atoms with E-state index < -0.39 is 0 Å². The minimum Gasteiger partial charge on any atom is -0.508 e. The number of phenolic OH excluding ortho intramolecular Hbond substituents is 2. The lowest BCUT2D eigenvalue weighted by molar-refractivity contribution is 0.416. The highest BCUT2D eigenvalue weighted by Gasteiger charge is 2.21. The lowest BCUT2D eigenvalue weighted by atomic mass is 10.0. The smallest absolute Gasteiger partial charge is 0.170 e. The molecule has 0 amide bonds. The molecule has 0 atom stereocenters. The molecule has 0 bridgehead atoms. The van der Waals surface area contributed by atoms with E-state index in [2.05, 4.69) is 41.0 Å². The number of ether oxygens (including phenoxy) is 1. The lowest BCUT2D eigenvalue weighted by Crippen LogP contribution is -2.03. The van der Waals surface area contributed by atoms with Crippen LogP contribution in [0.1, 0.15) is 32.4 Å². The lowest BCUT2D eigenvalue weighted by Gasteiger charge is -2.16. The molecule has 0 spiro atoms. The normalized spacial score (nSPS) is 11.5. The van der Waals surface area contributed by atoms with Crippen molar-refractivity contribution in [2.45, 2.75) is 38.4 Å². The SMILES string of the molecule is CCc1cc(-c2cnc(S)n2-c2ccc(OC)c3c2ncn3C(C)C)c(O)cc1O. The number of phenols is 2. The van der Waals surface area contributed by atoms with E-state index in [9.17, 15) is 10.2 Å². The first kappa shape index (κ1) is 20.2. The Labute approximate surface area is 180 Å². The van der Waals surface area contributed by atoms with Gasteiger partial charge < -0.3 is 19.5 Å². The Kier molecular flexibility index (Phi) is 5.11. The van der Waals surface area contributed by atoms with Gasteiger partial charge in [0.1, 0.15) is 28.3 Å². The van der Waals surface area contributed by atoms with Crippen LogP contribution < -0.4 is 4.74 Å². The van der Waals surface area contributed by atoms with Crippen LogP contribution in [0.15, 0.2) is 41.9 Å². The Morgan fingerprint density at radius 2 is 1.90 bits per heavy atom. The van der Waals surface area contributed by atoms with Crippen molar-refractivity contribution in [3.63, 3.8) is 0 Å². The Morgan fingerprint density at radius 3 is 2.57 bits per heavy atom. The zero-order valence-corrected chi connectivity index (χ0v) is 18.2. The molecule has 2 N–H and O–H groups in total. The summed E-state index contributed by atoms with van der Waals surface area (Å²) in [5, 5.41) is 21.1. The first-order valence-corrected chi connectivity index (χ1v) is 10.2. The molecule has 8 heteroatoms. The molecule has 2 heterocycles. The number of aromatic nitrogens is 4. The van der Waals surface area contributed by atoms with Crippen LogP contribution in [0.2, 0.25) is 0 Å². The van der Waals surface area contributed by atoms with Gasteiger partial charge in [0, 0.05) is 17.7 Å². The largest absolute Gasteiger partial charge is 0.508 e. The van der Waals surface area contributed by atoms with Gasteiger partial charge in [-0.2, -0.15) is 0 Å². The average Bonchev–Trinajstić information content (AvgIpc) is 3.32. The van der Waals surface area contributed by atoms with Gasteiger partial charge in [0.25, 0.3) is 0 Å². The van der Waals surface area contributed by atoms with Gasteiger partial charge in [-0.05, 0) is 44.0 Å². The number of fused-ring (bicyclic) bond motifs is 1. The number of methoxy groups -OCH3 is 1. The van der Waals surface area contributed by atoms with E-state index in [4.69, 9.17) is 4.74 Å². The number of aromatic hydroxyl groups is 2. The van der Waals surface area contributed by atoms with Crippen molar-refractivity contribution in [2.75, 3.05) is 7.11 Å². The minimum atomic E-state index is -0.0309. The topological polar surface area (TPSA) is 85.3 Å². The third-order valence-electron chi connectivity index (χ3n) is 5.28. The Morgan fingerprint density at radius 1 is 1.13 bits per heavy atom. The molecule has 0 aliphatic carbocycles. The Balaban J connectivity index is 2.01. The van der Waals surface area contributed by atoms with Gasteiger partial charge in [-0.1, -0.05) is 6.92 Å². The maximum atomic E-state index is 10.6. The summed E-state index contributed by atoms with van der Waals surface area (Å²) in [4.78, 5) is 9.02. The number of hydrogen-bond acceptors (Lipinski definition) is 6. The number of aryl methyl sites for hydroxylation is 1. The van der Waals surface area contributed by atoms with Crippen molar-refractivity contribution in [1.29, 1.82) is 0 Å². The molecule has 4 rings (SSSR count). The van der Waals surface area contributed by atoms with Gasteiger partial charge in [-0.25, -0.2) is 9.97 Å². The van der Waals surface area contributed by atoms with Crippen LogP contribution in [-0.4, -0.2) is 36.4 Å². The summed E-state index contributed by atoms with van der Waals surface area (Å²) in [6.07, 6.45) is 4.08. The van der Waals surface area contributed by atoms with E-state index >= 15 is 0 Å². The zero-order chi connectivity index (χ0) is 21.6. The zero-order valence-electron chi connectivity index (χ0n) is 17.3. The molecule has 7 nitrogen and oxygen atoms in total. The fraction of sp³-hybridized carbons (Fsp3) is 0.273. The van der Waals surface area contributed by atoms with Crippen molar-refractivity contribution in [3.8, 4) is 34.2 Å². The summed E-state index contributed by atoms with van der Waals surface area (Å²) >= 11 is 4.56. The monoisotopic (exact) mass is 424 g/mol. The van der Waals surface area contributed by atoms with Crippen molar-refractivity contribution in [1.82, 2.24) is 19.1 Å². The molecule has 0 unspecified atom stereocenters. The molecule has 0 radical (unpaired) electrons. The van der Waals surface area contributed by atoms with Crippen LogP contribution in [0, 0.1) is 0 Å². The molecule has 2 aromatic heterocycles. The molecule has 0 fully saturated rings. The maximum Gasteiger partial charge on any atom is 0.170 e. The van der Waals surface area contributed by atoms with E-state index in [1.54, 1.807) is 25.7 Å². The molecule has 0 saturated carbocycles. The maximum absolute atomic E-state index is 10.6. The molecule has 30 heavy (non-hydrogen) atoms. The van der Waals surface area contributed by atoms with Gasteiger partial charge in [0.05, 0.1) is 31.0 Å². The van der Waals surface area contributed by atoms with E-state index in [0.717, 1.165) is 28.0 Å². The van der Waals surface area contributed by atoms with Gasteiger partial charge in [-0.15, -0.1) is 12.6 Å². The average molecular weight is 425 g/mol. The summed E-state index contributed by atoms with van der Waals surface area (Å²) in [5.41, 5.74) is 4.34. The molecule has 2 aromatic carbocycles. The summed E-state index contributed by atoms with van der Waals surface area (Å²) in [5.74, 6) is 0.762. The molecule has 0 saturated heterocycles. The highest BCUT2D eigenvalue weighted by molar-refractivity contribution is 7.80. The fourth-order valence-electron chi connectivity index (χ4n) is 3.72. The first-order valence-electron chi connectivity index (χ1n) is 9.73. The van der Waals surface area contributed by atoms with Gasteiger partial charge >= 0.3 is 0 Å². The van der Waals surface area contributed by atoms with E-state index in [1.807, 2.05) is 23.6 Å².